The Labute approximate surface area is 151 Å². The van der Waals surface area contributed by atoms with Crippen molar-refractivity contribution < 1.29 is 14.3 Å². The van der Waals surface area contributed by atoms with Crippen LogP contribution in [0.2, 0.25) is 5.02 Å². The number of nitrogens with zero attached hydrogens (tertiary/aromatic N) is 1. The smallest absolute Gasteiger partial charge is 0.243 e. The summed E-state index contributed by atoms with van der Waals surface area (Å²) in [5.74, 6) is 1.03. The quantitative estimate of drug-likeness (QED) is 0.821. The van der Waals surface area contributed by atoms with Gasteiger partial charge in [-0.3, -0.25) is 4.79 Å². The second-order valence-corrected chi connectivity index (χ2v) is 6.17. The Balaban J connectivity index is 1.90. The minimum Gasteiger partial charge on any atom is -0.484 e. The van der Waals surface area contributed by atoms with Crippen molar-refractivity contribution in [2.75, 3.05) is 7.11 Å². The van der Waals surface area contributed by atoms with E-state index < -0.39 is 0 Å². The molecule has 0 saturated heterocycles. The number of hydrogen-bond donors (Lipinski definition) is 1. The molecule has 25 heavy (non-hydrogen) atoms. The Kier molecular flexibility index (Phi) is 5.24. The van der Waals surface area contributed by atoms with Crippen LogP contribution in [0.4, 0.5) is 0 Å². The van der Waals surface area contributed by atoms with Crippen molar-refractivity contribution in [2.24, 2.45) is 0 Å². The minimum absolute atomic E-state index is 0.121. The molecule has 0 saturated carbocycles. The first kappa shape index (κ1) is 17.3. The van der Waals surface area contributed by atoms with E-state index in [2.05, 4.69) is 16.9 Å². The van der Waals surface area contributed by atoms with Crippen molar-refractivity contribution in [1.82, 2.24) is 10.3 Å². The molecule has 5 nitrogen and oxygen atoms in total. The number of pyridine rings is 1. The highest BCUT2D eigenvalue weighted by Crippen LogP contribution is 2.38. The number of amides is 1. The van der Waals surface area contributed by atoms with E-state index in [0.29, 0.717) is 10.9 Å². The van der Waals surface area contributed by atoms with E-state index in [1.807, 2.05) is 18.2 Å². The Bertz CT molecular complexity index is 777. The highest BCUT2D eigenvalue weighted by molar-refractivity contribution is 6.30. The van der Waals surface area contributed by atoms with Crippen LogP contribution < -0.4 is 14.8 Å². The molecule has 0 spiro atoms. The summed E-state index contributed by atoms with van der Waals surface area (Å²) in [5, 5.41) is 3.60. The second kappa shape index (κ2) is 7.57. The number of nitrogens with one attached hydrogen (secondary N) is 1. The number of carbonyl (C=O) groups is 1. The molecule has 2 aromatic rings. The third-order valence-electron chi connectivity index (χ3n) is 4.13. The van der Waals surface area contributed by atoms with E-state index in [0.717, 1.165) is 29.8 Å². The standard InChI is InChI=1S/C19H19ClN2O3/c1-3-17(23)21-15-9-10-16(25-13-6-4-12(20)5-7-13)19-14(15)8-11-18(22-19)24-2/h3-8,11,15-16H,1,9-10H2,2H3,(H,21,23)/t15-,16+/m0/s1. The van der Waals surface area contributed by atoms with Gasteiger partial charge in [0.1, 0.15) is 11.9 Å². The van der Waals surface area contributed by atoms with Crippen LogP contribution in [0.5, 0.6) is 11.6 Å². The van der Waals surface area contributed by atoms with Gasteiger partial charge in [-0.1, -0.05) is 18.2 Å². The van der Waals surface area contributed by atoms with Gasteiger partial charge in [-0.2, -0.15) is 0 Å². The molecule has 0 aliphatic heterocycles. The zero-order valence-electron chi connectivity index (χ0n) is 13.9. The zero-order valence-corrected chi connectivity index (χ0v) is 14.6. The van der Waals surface area contributed by atoms with Crippen LogP contribution in [-0.4, -0.2) is 18.0 Å². The molecule has 1 heterocycles. The maximum Gasteiger partial charge on any atom is 0.243 e. The maximum atomic E-state index is 11.7. The Morgan fingerprint density at radius 1 is 1.28 bits per heavy atom. The molecule has 0 radical (unpaired) electrons. The summed E-state index contributed by atoms with van der Waals surface area (Å²) in [6.45, 7) is 3.50. The molecular weight excluding hydrogens is 340 g/mol. The Hall–Kier alpha value is -2.53. The summed E-state index contributed by atoms with van der Waals surface area (Å²) >= 11 is 5.92. The van der Waals surface area contributed by atoms with Gasteiger partial charge in [0.25, 0.3) is 0 Å². The molecule has 1 N–H and O–H groups in total. The summed E-state index contributed by atoms with van der Waals surface area (Å²) in [7, 11) is 1.57. The first-order valence-electron chi connectivity index (χ1n) is 8.00. The van der Waals surface area contributed by atoms with Crippen LogP contribution in [0.25, 0.3) is 0 Å². The van der Waals surface area contributed by atoms with E-state index >= 15 is 0 Å². The lowest BCUT2D eigenvalue weighted by Gasteiger charge is -2.31. The highest BCUT2D eigenvalue weighted by atomic mass is 35.5. The molecule has 1 aliphatic carbocycles. The molecule has 3 rings (SSSR count). The highest BCUT2D eigenvalue weighted by Gasteiger charge is 2.31. The van der Waals surface area contributed by atoms with Gasteiger partial charge in [-0.05, 0) is 49.2 Å². The van der Waals surface area contributed by atoms with Gasteiger partial charge in [0.15, 0.2) is 0 Å². The molecular formula is C19H19ClN2O3. The Morgan fingerprint density at radius 3 is 2.72 bits per heavy atom. The van der Waals surface area contributed by atoms with E-state index in [4.69, 9.17) is 21.1 Å². The molecule has 130 valence electrons. The fourth-order valence-corrected chi connectivity index (χ4v) is 3.04. The number of benzene rings is 1. The number of halogens is 1. The molecule has 6 heteroatoms. The maximum absolute atomic E-state index is 11.7. The first-order valence-corrected chi connectivity index (χ1v) is 8.38. The minimum atomic E-state index is -0.219. The number of aromatic nitrogens is 1. The predicted molar refractivity (Wildman–Crippen MR) is 95.9 cm³/mol. The first-order chi connectivity index (χ1) is 12.1. The van der Waals surface area contributed by atoms with Crippen LogP contribution in [-0.2, 0) is 4.79 Å². The number of ether oxygens (including phenoxy) is 2. The number of methoxy groups -OCH3 is 1. The molecule has 1 amide bonds. The SMILES string of the molecule is C=CC(=O)N[C@H]1CC[C@@H](Oc2ccc(Cl)cc2)c2nc(OC)ccc21. The summed E-state index contributed by atoms with van der Waals surface area (Å²) in [5.41, 5.74) is 1.70. The van der Waals surface area contributed by atoms with Crippen molar-refractivity contribution in [3.63, 3.8) is 0 Å². The summed E-state index contributed by atoms with van der Waals surface area (Å²) in [6, 6.07) is 10.8. The van der Waals surface area contributed by atoms with Gasteiger partial charge in [0.05, 0.1) is 18.8 Å². The normalized spacial score (nSPS) is 18.8. The summed E-state index contributed by atoms with van der Waals surface area (Å²) < 4.78 is 11.4. The van der Waals surface area contributed by atoms with Crippen molar-refractivity contribution in [3.05, 3.63) is 65.3 Å². The average Bonchev–Trinajstić information content (AvgIpc) is 2.64. The van der Waals surface area contributed by atoms with Crippen LogP contribution in [0.15, 0.2) is 49.1 Å². The summed E-state index contributed by atoms with van der Waals surface area (Å²) in [6.07, 6.45) is 2.52. The Morgan fingerprint density at radius 2 is 2.04 bits per heavy atom. The average molecular weight is 359 g/mol. The van der Waals surface area contributed by atoms with Gasteiger partial charge in [-0.25, -0.2) is 4.98 Å². The fraction of sp³-hybridized carbons (Fsp3) is 0.263. The number of carbonyl (C=O) groups excluding carboxylic acids is 1. The molecule has 1 aromatic carbocycles. The van der Waals surface area contributed by atoms with Gasteiger partial charge in [-0.15, -0.1) is 0 Å². The van der Waals surface area contributed by atoms with Crippen LogP contribution in [0.3, 0.4) is 0 Å². The van der Waals surface area contributed by atoms with Crippen molar-refractivity contribution in [1.29, 1.82) is 0 Å². The molecule has 0 fully saturated rings. The third-order valence-corrected chi connectivity index (χ3v) is 4.38. The zero-order chi connectivity index (χ0) is 17.8. The lowest BCUT2D eigenvalue weighted by Crippen LogP contribution is -2.32. The lowest BCUT2D eigenvalue weighted by molar-refractivity contribution is -0.117. The monoisotopic (exact) mass is 358 g/mol. The van der Waals surface area contributed by atoms with Crippen molar-refractivity contribution in [3.8, 4) is 11.6 Å². The fourth-order valence-electron chi connectivity index (χ4n) is 2.92. The predicted octanol–water partition coefficient (Wildman–Crippen LogP) is 4.00. The molecule has 2 atom stereocenters. The molecule has 0 bridgehead atoms. The second-order valence-electron chi connectivity index (χ2n) is 5.73. The topological polar surface area (TPSA) is 60.5 Å². The van der Waals surface area contributed by atoms with Gasteiger partial charge < -0.3 is 14.8 Å². The molecule has 1 aromatic heterocycles. The van der Waals surface area contributed by atoms with E-state index in [1.54, 1.807) is 25.3 Å². The van der Waals surface area contributed by atoms with Gasteiger partial charge in [0, 0.05) is 16.7 Å². The van der Waals surface area contributed by atoms with Gasteiger partial charge >= 0.3 is 0 Å². The lowest BCUT2D eigenvalue weighted by atomic mass is 9.89. The third kappa shape index (κ3) is 3.94. The summed E-state index contributed by atoms with van der Waals surface area (Å²) in [4.78, 5) is 16.3. The van der Waals surface area contributed by atoms with Crippen molar-refractivity contribution >= 4 is 17.5 Å². The van der Waals surface area contributed by atoms with Crippen LogP contribution in [0, 0.1) is 0 Å². The van der Waals surface area contributed by atoms with E-state index in [9.17, 15) is 4.79 Å². The van der Waals surface area contributed by atoms with Crippen LogP contribution >= 0.6 is 11.6 Å². The molecule has 1 aliphatic rings. The van der Waals surface area contributed by atoms with Crippen LogP contribution in [0.1, 0.15) is 36.2 Å². The van der Waals surface area contributed by atoms with Crippen molar-refractivity contribution in [2.45, 2.75) is 25.0 Å². The van der Waals surface area contributed by atoms with Gasteiger partial charge in [0.2, 0.25) is 11.8 Å². The molecule has 0 unspecified atom stereocenters. The van der Waals surface area contributed by atoms with E-state index in [-0.39, 0.29) is 18.1 Å². The number of fused-ring (bicyclic) bond motifs is 1. The largest absolute Gasteiger partial charge is 0.484 e. The van der Waals surface area contributed by atoms with E-state index in [1.165, 1.54) is 6.08 Å². The number of rotatable bonds is 5. The number of hydrogen-bond acceptors (Lipinski definition) is 4.